The van der Waals surface area contributed by atoms with Crippen molar-refractivity contribution in [3.8, 4) is 0 Å². The normalized spacial score (nSPS) is 11.5. The Balaban J connectivity index is 1.42. The molecule has 2 N–H and O–H groups in total. The molecule has 0 bridgehead atoms. The monoisotopic (exact) mass is 364 g/mol. The summed E-state index contributed by atoms with van der Waals surface area (Å²) in [6.07, 6.45) is 1.89. The standard InChI is InChI=1S/C16H15F3N6O/c17-16(18,19)12-3-5-13(6-4-12)24-15(26)20-7-1-2-11-8-21-14-22-10-23-25(14)9-11/h3-6,8-10H,1-2,7H2,(H2,20,24,26). The Labute approximate surface area is 146 Å². The van der Waals surface area contributed by atoms with E-state index in [9.17, 15) is 18.0 Å². The molecule has 26 heavy (non-hydrogen) atoms. The minimum absolute atomic E-state index is 0.288. The minimum atomic E-state index is -4.40. The number of fused-ring (bicyclic) bond motifs is 1. The molecular formula is C16H15F3N6O. The first-order valence-corrected chi connectivity index (χ1v) is 7.78. The second-order valence-electron chi connectivity index (χ2n) is 5.53. The van der Waals surface area contributed by atoms with Crippen molar-refractivity contribution < 1.29 is 18.0 Å². The van der Waals surface area contributed by atoms with Crippen LogP contribution in [0.5, 0.6) is 0 Å². The lowest BCUT2D eigenvalue weighted by atomic mass is 10.2. The summed E-state index contributed by atoms with van der Waals surface area (Å²) in [5.74, 6) is 0.516. The Morgan fingerprint density at radius 3 is 2.65 bits per heavy atom. The molecule has 2 amide bonds. The topological polar surface area (TPSA) is 84.2 Å². The molecule has 2 aromatic heterocycles. The first-order chi connectivity index (χ1) is 12.4. The molecule has 136 valence electrons. The fraction of sp³-hybridized carbons (Fsp3) is 0.250. The van der Waals surface area contributed by atoms with E-state index in [-0.39, 0.29) is 5.69 Å². The number of hydrogen-bond acceptors (Lipinski definition) is 4. The number of rotatable bonds is 5. The number of aryl methyl sites for hydroxylation is 1. The van der Waals surface area contributed by atoms with Crippen LogP contribution in [0, 0.1) is 0 Å². The molecule has 0 saturated heterocycles. The summed E-state index contributed by atoms with van der Waals surface area (Å²) in [5, 5.41) is 9.14. The fourth-order valence-corrected chi connectivity index (χ4v) is 2.30. The Morgan fingerprint density at radius 2 is 1.92 bits per heavy atom. The van der Waals surface area contributed by atoms with Gasteiger partial charge in [0.2, 0.25) is 0 Å². The fourth-order valence-electron chi connectivity index (χ4n) is 2.30. The highest BCUT2D eigenvalue weighted by molar-refractivity contribution is 5.89. The molecule has 0 aliphatic heterocycles. The maximum atomic E-state index is 12.5. The number of benzene rings is 1. The lowest BCUT2D eigenvalue weighted by Gasteiger charge is -2.10. The summed E-state index contributed by atoms with van der Waals surface area (Å²) < 4.78 is 39.0. The van der Waals surface area contributed by atoms with E-state index >= 15 is 0 Å². The number of aromatic nitrogens is 4. The molecule has 2 heterocycles. The summed E-state index contributed by atoms with van der Waals surface area (Å²) in [5.41, 5.74) is 0.477. The van der Waals surface area contributed by atoms with Crippen LogP contribution in [0.25, 0.3) is 5.78 Å². The minimum Gasteiger partial charge on any atom is -0.338 e. The quantitative estimate of drug-likeness (QED) is 0.682. The average molecular weight is 364 g/mol. The molecule has 0 unspecified atom stereocenters. The van der Waals surface area contributed by atoms with Gasteiger partial charge in [-0.15, -0.1) is 0 Å². The number of nitrogens with zero attached hydrogens (tertiary/aromatic N) is 4. The van der Waals surface area contributed by atoms with E-state index in [1.165, 1.54) is 18.5 Å². The van der Waals surface area contributed by atoms with Gasteiger partial charge < -0.3 is 10.6 Å². The first-order valence-electron chi connectivity index (χ1n) is 7.78. The molecule has 0 spiro atoms. The van der Waals surface area contributed by atoms with Crippen LogP contribution in [0.4, 0.5) is 23.7 Å². The van der Waals surface area contributed by atoms with Gasteiger partial charge in [0.25, 0.3) is 5.78 Å². The number of amides is 2. The average Bonchev–Trinajstić information content (AvgIpc) is 3.06. The molecule has 0 aliphatic carbocycles. The van der Waals surface area contributed by atoms with Crippen LogP contribution in [0.3, 0.4) is 0 Å². The Hall–Kier alpha value is -3.17. The number of carbonyl (C=O) groups is 1. The van der Waals surface area contributed by atoms with E-state index in [0.717, 1.165) is 17.7 Å². The van der Waals surface area contributed by atoms with Crippen LogP contribution >= 0.6 is 0 Å². The lowest BCUT2D eigenvalue weighted by Crippen LogP contribution is -2.29. The number of carbonyl (C=O) groups excluding carboxylic acids is 1. The van der Waals surface area contributed by atoms with Gasteiger partial charge in [-0.2, -0.15) is 23.3 Å². The van der Waals surface area contributed by atoms with E-state index in [1.54, 1.807) is 10.7 Å². The van der Waals surface area contributed by atoms with Gasteiger partial charge >= 0.3 is 12.2 Å². The summed E-state index contributed by atoms with van der Waals surface area (Å²) in [6.45, 7) is 0.405. The third kappa shape index (κ3) is 4.47. The molecule has 3 rings (SSSR count). The van der Waals surface area contributed by atoms with Crippen LogP contribution in [0.1, 0.15) is 17.5 Å². The molecule has 10 heteroatoms. The highest BCUT2D eigenvalue weighted by Crippen LogP contribution is 2.29. The van der Waals surface area contributed by atoms with Gasteiger partial charge in [0.1, 0.15) is 6.33 Å². The van der Waals surface area contributed by atoms with Gasteiger partial charge in [0.05, 0.1) is 5.56 Å². The van der Waals surface area contributed by atoms with Gasteiger partial charge in [-0.05, 0) is 42.7 Å². The van der Waals surface area contributed by atoms with Crippen LogP contribution in [0.2, 0.25) is 0 Å². The van der Waals surface area contributed by atoms with Crippen molar-refractivity contribution in [2.45, 2.75) is 19.0 Å². The third-order valence-corrected chi connectivity index (χ3v) is 3.59. The number of halogens is 3. The molecule has 7 nitrogen and oxygen atoms in total. The summed E-state index contributed by atoms with van der Waals surface area (Å²) in [7, 11) is 0. The van der Waals surface area contributed by atoms with Crippen molar-refractivity contribution in [2.75, 3.05) is 11.9 Å². The van der Waals surface area contributed by atoms with Gasteiger partial charge in [-0.1, -0.05) is 0 Å². The maximum Gasteiger partial charge on any atom is 0.416 e. The predicted octanol–water partition coefficient (Wildman–Crippen LogP) is 2.90. The van der Waals surface area contributed by atoms with Crippen molar-refractivity contribution in [3.05, 3.63) is 54.1 Å². The first kappa shape index (κ1) is 17.6. The summed E-state index contributed by atoms with van der Waals surface area (Å²) in [4.78, 5) is 19.9. The number of anilines is 1. The predicted molar refractivity (Wildman–Crippen MR) is 87.6 cm³/mol. The van der Waals surface area contributed by atoms with Gasteiger partial charge in [0.15, 0.2) is 0 Å². The van der Waals surface area contributed by atoms with E-state index in [1.807, 2.05) is 6.20 Å². The molecule has 0 fully saturated rings. The molecule has 3 aromatic rings. The largest absolute Gasteiger partial charge is 0.416 e. The molecular weight excluding hydrogens is 349 g/mol. The van der Waals surface area contributed by atoms with Crippen molar-refractivity contribution in [1.82, 2.24) is 24.9 Å². The molecule has 0 saturated carbocycles. The second-order valence-corrected chi connectivity index (χ2v) is 5.53. The molecule has 1 aromatic carbocycles. The SMILES string of the molecule is O=C(NCCCc1cnc2ncnn2c1)Nc1ccc(C(F)(F)F)cc1. The number of alkyl halides is 3. The van der Waals surface area contributed by atoms with Crippen molar-refractivity contribution >= 4 is 17.5 Å². The zero-order chi connectivity index (χ0) is 18.6. The van der Waals surface area contributed by atoms with E-state index in [0.29, 0.717) is 25.2 Å². The van der Waals surface area contributed by atoms with Gasteiger partial charge in [0, 0.05) is 24.6 Å². The van der Waals surface area contributed by atoms with E-state index in [4.69, 9.17) is 0 Å². The van der Waals surface area contributed by atoms with Gasteiger partial charge in [-0.25, -0.2) is 14.3 Å². The third-order valence-electron chi connectivity index (χ3n) is 3.59. The second kappa shape index (κ2) is 7.38. The number of nitrogens with one attached hydrogen (secondary N) is 2. The molecule has 0 atom stereocenters. The maximum absolute atomic E-state index is 12.5. The summed E-state index contributed by atoms with van der Waals surface area (Å²) in [6, 6.07) is 3.78. The Bertz CT molecular complexity index is 891. The molecule has 0 radical (unpaired) electrons. The highest BCUT2D eigenvalue weighted by atomic mass is 19.4. The smallest absolute Gasteiger partial charge is 0.338 e. The Kier molecular flexibility index (Phi) is 5.01. The van der Waals surface area contributed by atoms with E-state index in [2.05, 4.69) is 25.7 Å². The highest BCUT2D eigenvalue weighted by Gasteiger charge is 2.29. The lowest BCUT2D eigenvalue weighted by molar-refractivity contribution is -0.137. The van der Waals surface area contributed by atoms with Crippen LogP contribution in [-0.2, 0) is 12.6 Å². The van der Waals surface area contributed by atoms with Crippen LogP contribution in [0.15, 0.2) is 43.0 Å². The van der Waals surface area contributed by atoms with Crippen molar-refractivity contribution in [2.24, 2.45) is 0 Å². The van der Waals surface area contributed by atoms with Gasteiger partial charge in [-0.3, -0.25) is 0 Å². The summed E-state index contributed by atoms with van der Waals surface area (Å²) >= 11 is 0. The number of urea groups is 1. The van der Waals surface area contributed by atoms with Crippen molar-refractivity contribution in [1.29, 1.82) is 0 Å². The zero-order valence-electron chi connectivity index (χ0n) is 13.5. The molecule has 0 aliphatic rings. The van der Waals surface area contributed by atoms with Crippen molar-refractivity contribution in [3.63, 3.8) is 0 Å². The zero-order valence-corrected chi connectivity index (χ0v) is 13.5. The van der Waals surface area contributed by atoms with Crippen LogP contribution in [-0.4, -0.2) is 32.2 Å². The number of hydrogen-bond donors (Lipinski definition) is 2. The van der Waals surface area contributed by atoms with Crippen LogP contribution < -0.4 is 10.6 Å². The Morgan fingerprint density at radius 1 is 1.15 bits per heavy atom. The van der Waals surface area contributed by atoms with E-state index < -0.39 is 17.8 Å².